The molecule has 0 fully saturated rings. The minimum Gasteiger partial charge on any atom is -0.495 e. The molecule has 0 aliphatic heterocycles. The number of carbonyl (C=O) groups excluding carboxylic acids is 1. The second-order valence-corrected chi connectivity index (χ2v) is 6.39. The third kappa shape index (κ3) is 4.01. The molecule has 0 heterocycles. The van der Waals surface area contributed by atoms with Crippen molar-refractivity contribution in [3.63, 3.8) is 0 Å². The van der Waals surface area contributed by atoms with E-state index in [4.69, 9.17) is 16.3 Å². The SMILES string of the molecule is COc1ccc(C(=O)CSc2cccc(Br)c2)cc1Cl. The molecule has 0 saturated heterocycles. The van der Waals surface area contributed by atoms with E-state index in [1.54, 1.807) is 25.3 Å². The number of rotatable bonds is 5. The predicted octanol–water partition coefficient (Wildman–Crippen LogP) is 5.09. The Hall–Kier alpha value is -0.970. The molecule has 0 aliphatic carbocycles. The van der Waals surface area contributed by atoms with Crippen LogP contribution in [-0.4, -0.2) is 18.6 Å². The molecule has 104 valence electrons. The van der Waals surface area contributed by atoms with Crippen LogP contribution in [0.5, 0.6) is 5.75 Å². The van der Waals surface area contributed by atoms with Crippen LogP contribution >= 0.6 is 39.3 Å². The lowest BCUT2D eigenvalue weighted by molar-refractivity contribution is 0.102. The van der Waals surface area contributed by atoms with E-state index in [2.05, 4.69) is 15.9 Å². The quantitative estimate of drug-likeness (QED) is 0.541. The first-order valence-electron chi connectivity index (χ1n) is 5.85. The van der Waals surface area contributed by atoms with Crippen LogP contribution in [0.15, 0.2) is 51.8 Å². The first-order chi connectivity index (χ1) is 9.60. The number of ketones is 1. The van der Waals surface area contributed by atoms with Gasteiger partial charge in [-0.3, -0.25) is 4.79 Å². The van der Waals surface area contributed by atoms with Gasteiger partial charge in [-0.15, -0.1) is 11.8 Å². The molecule has 2 aromatic carbocycles. The normalized spacial score (nSPS) is 10.3. The van der Waals surface area contributed by atoms with Crippen LogP contribution in [0.25, 0.3) is 0 Å². The predicted molar refractivity (Wildman–Crippen MR) is 87.2 cm³/mol. The molecule has 0 radical (unpaired) electrons. The van der Waals surface area contributed by atoms with Crippen molar-refractivity contribution < 1.29 is 9.53 Å². The molecular formula is C15H12BrClO2S. The molecular weight excluding hydrogens is 360 g/mol. The van der Waals surface area contributed by atoms with Gasteiger partial charge in [-0.05, 0) is 36.4 Å². The number of Topliss-reactive ketones (excluding diaryl/α,β-unsaturated/α-hetero) is 1. The van der Waals surface area contributed by atoms with Crippen molar-refractivity contribution in [1.29, 1.82) is 0 Å². The van der Waals surface area contributed by atoms with E-state index in [9.17, 15) is 4.79 Å². The minimum atomic E-state index is 0.0412. The van der Waals surface area contributed by atoms with Crippen molar-refractivity contribution in [2.75, 3.05) is 12.9 Å². The molecule has 2 rings (SSSR count). The van der Waals surface area contributed by atoms with Crippen LogP contribution < -0.4 is 4.74 Å². The summed E-state index contributed by atoms with van der Waals surface area (Å²) in [7, 11) is 1.55. The van der Waals surface area contributed by atoms with Gasteiger partial charge in [0.05, 0.1) is 17.9 Å². The summed E-state index contributed by atoms with van der Waals surface area (Å²) < 4.78 is 6.07. The third-order valence-corrected chi connectivity index (χ3v) is 4.42. The van der Waals surface area contributed by atoms with Crippen molar-refractivity contribution in [3.05, 3.63) is 57.5 Å². The van der Waals surface area contributed by atoms with Gasteiger partial charge in [0, 0.05) is 14.9 Å². The molecule has 0 unspecified atom stereocenters. The lowest BCUT2D eigenvalue weighted by atomic mass is 10.1. The highest BCUT2D eigenvalue weighted by Gasteiger charge is 2.10. The summed E-state index contributed by atoms with van der Waals surface area (Å²) in [6.45, 7) is 0. The Bertz CT molecular complexity index is 631. The van der Waals surface area contributed by atoms with E-state index in [1.807, 2.05) is 24.3 Å². The number of carbonyl (C=O) groups is 1. The highest BCUT2D eigenvalue weighted by atomic mass is 79.9. The van der Waals surface area contributed by atoms with Crippen molar-refractivity contribution in [2.24, 2.45) is 0 Å². The van der Waals surface area contributed by atoms with Crippen molar-refractivity contribution in [2.45, 2.75) is 4.90 Å². The van der Waals surface area contributed by atoms with E-state index in [0.717, 1.165) is 9.37 Å². The summed E-state index contributed by atoms with van der Waals surface area (Å²) >= 11 is 10.9. The Morgan fingerprint density at radius 3 is 2.75 bits per heavy atom. The summed E-state index contributed by atoms with van der Waals surface area (Å²) in [6.07, 6.45) is 0. The number of thioether (sulfide) groups is 1. The van der Waals surface area contributed by atoms with E-state index in [0.29, 0.717) is 22.1 Å². The highest BCUT2D eigenvalue weighted by molar-refractivity contribution is 9.10. The zero-order valence-corrected chi connectivity index (χ0v) is 13.9. The summed E-state index contributed by atoms with van der Waals surface area (Å²) in [5.41, 5.74) is 0.596. The second kappa shape index (κ2) is 7.16. The monoisotopic (exact) mass is 370 g/mol. The number of halogens is 2. The number of methoxy groups -OCH3 is 1. The highest BCUT2D eigenvalue weighted by Crippen LogP contribution is 2.27. The maximum absolute atomic E-state index is 12.1. The molecule has 0 aliphatic rings. The van der Waals surface area contributed by atoms with Crippen LogP contribution in [0.4, 0.5) is 0 Å². The average molecular weight is 372 g/mol. The van der Waals surface area contributed by atoms with Gasteiger partial charge in [0.2, 0.25) is 0 Å². The molecule has 0 N–H and O–H groups in total. The van der Waals surface area contributed by atoms with Gasteiger partial charge in [0.25, 0.3) is 0 Å². The van der Waals surface area contributed by atoms with Gasteiger partial charge in [0.1, 0.15) is 5.75 Å². The van der Waals surface area contributed by atoms with Crippen molar-refractivity contribution in [1.82, 2.24) is 0 Å². The molecule has 0 atom stereocenters. The number of ether oxygens (including phenoxy) is 1. The second-order valence-electron chi connectivity index (χ2n) is 4.02. The molecule has 0 amide bonds. The summed E-state index contributed by atoms with van der Waals surface area (Å²) in [5.74, 6) is 0.987. The van der Waals surface area contributed by atoms with E-state index in [-0.39, 0.29) is 5.78 Å². The molecule has 0 bridgehead atoms. The summed E-state index contributed by atoms with van der Waals surface area (Å²) in [5, 5.41) is 0.450. The molecule has 2 aromatic rings. The van der Waals surface area contributed by atoms with Crippen molar-refractivity contribution >= 4 is 45.1 Å². The van der Waals surface area contributed by atoms with Gasteiger partial charge in [0.15, 0.2) is 5.78 Å². The Labute approximate surface area is 135 Å². The molecule has 2 nitrogen and oxygen atoms in total. The Kier molecular flexibility index (Phi) is 5.52. The number of benzene rings is 2. The largest absolute Gasteiger partial charge is 0.495 e. The molecule has 0 saturated carbocycles. The molecule has 0 spiro atoms. The summed E-state index contributed by atoms with van der Waals surface area (Å²) in [4.78, 5) is 13.2. The fourth-order valence-corrected chi connectivity index (χ4v) is 3.29. The Balaban J connectivity index is 2.03. The van der Waals surface area contributed by atoms with Gasteiger partial charge >= 0.3 is 0 Å². The van der Waals surface area contributed by atoms with Gasteiger partial charge in [-0.2, -0.15) is 0 Å². The van der Waals surface area contributed by atoms with Gasteiger partial charge in [-0.1, -0.05) is 33.6 Å². The Morgan fingerprint density at radius 2 is 2.10 bits per heavy atom. The lowest BCUT2D eigenvalue weighted by Gasteiger charge is -2.06. The number of hydrogen-bond acceptors (Lipinski definition) is 3. The smallest absolute Gasteiger partial charge is 0.173 e. The van der Waals surface area contributed by atoms with E-state index < -0.39 is 0 Å². The third-order valence-electron chi connectivity index (χ3n) is 2.64. The standard InChI is InChI=1S/C15H12BrClO2S/c1-19-15-6-5-10(7-13(15)17)14(18)9-20-12-4-2-3-11(16)8-12/h2-8H,9H2,1H3. The summed E-state index contributed by atoms with van der Waals surface area (Å²) in [6, 6.07) is 12.9. The van der Waals surface area contributed by atoms with E-state index in [1.165, 1.54) is 11.8 Å². The fraction of sp³-hybridized carbons (Fsp3) is 0.133. The van der Waals surface area contributed by atoms with Gasteiger partial charge in [-0.25, -0.2) is 0 Å². The van der Waals surface area contributed by atoms with Crippen LogP contribution in [-0.2, 0) is 0 Å². The van der Waals surface area contributed by atoms with Gasteiger partial charge < -0.3 is 4.74 Å². The van der Waals surface area contributed by atoms with E-state index >= 15 is 0 Å². The minimum absolute atomic E-state index is 0.0412. The molecule has 5 heteroatoms. The van der Waals surface area contributed by atoms with Crippen LogP contribution in [0, 0.1) is 0 Å². The zero-order valence-electron chi connectivity index (χ0n) is 10.7. The fourth-order valence-electron chi connectivity index (χ4n) is 1.63. The first kappa shape index (κ1) is 15.4. The zero-order chi connectivity index (χ0) is 14.5. The maximum atomic E-state index is 12.1. The Morgan fingerprint density at radius 1 is 1.30 bits per heavy atom. The average Bonchev–Trinajstić information content (AvgIpc) is 2.44. The topological polar surface area (TPSA) is 26.3 Å². The molecule has 0 aromatic heterocycles. The van der Waals surface area contributed by atoms with Crippen LogP contribution in [0.3, 0.4) is 0 Å². The van der Waals surface area contributed by atoms with Crippen molar-refractivity contribution in [3.8, 4) is 5.75 Å². The lowest BCUT2D eigenvalue weighted by Crippen LogP contribution is -2.02. The number of hydrogen-bond donors (Lipinski definition) is 0. The van der Waals surface area contributed by atoms with Crippen LogP contribution in [0.2, 0.25) is 5.02 Å². The molecule has 20 heavy (non-hydrogen) atoms. The van der Waals surface area contributed by atoms with Crippen LogP contribution in [0.1, 0.15) is 10.4 Å². The maximum Gasteiger partial charge on any atom is 0.173 e. The first-order valence-corrected chi connectivity index (χ1v) is 8.01.